The zero-order chi connectivity index (χ0) is 14.2. The van der Waals surface area contributed by atoms with Crippen molar-refractivity contribution in [2.75, 3.05) is 13.2 Å². The molecule has 0 unspecified atom stereocenters. The number of benzene rings is 1. The summed E-state index contributed by atoms with van der Waals surface area (Å²) in [5, 5.41) is 7.97. The fourth-order valence-electron chi connectivity index (χ4n) is 2.55. The molecule has 2 heterocycles. The van der Waals surface area contributed by atoms with Gasteiger partial charge in [0, 0.05) is 17.5 Å². The minimum absolute atomic E-state index is 0.772. The second kappa shape index (κ2) is 5.55. The molecule has 1 saturated carbocycles. The standard InChI is InChI=1S/C16H18N2OS2/c1-10-18-15-14(21-10)9-13(12-5-8-20-16(12)15)19-7-2-6-17-11-3-4-11/h5,8-9,11,17H,2-4,6-7H2,1H3. The molecule has 0 aliphatic heterocycles. The Labute approximate surface area is 132 Å². The van der Waals surface area contributed by atoms with Crippen LogP contribution in [0.25, 0.3) is 20.3 Å². The fourth-order valence-corrected chi connectivity index (χ4v) is 4.39. The number of hydrogen-bond donors (Lipinski definition) is 1. The molecule has 21 heavy (non-hydrogen) atoms. The van der Waals surface area contributed by atoms with Gasteiger partial charge in [0.15, 0.2) is 0 Å². The molecule has 2 aromatic heterocycles. The first-order valence-corrected chi connectivity index (χ1v) is 9.14. The first-order chi connectivity index (χ1) is 10.3. The third-order valence-electron chi connectivity index (χ3n) is 3.76. The summed E-state index contributed by atoms with van der Waals surface area (Å²) in [7, 11) is 0. The predicted octanol–water partition coefficient (Wildman–Crippen LogP) is 4.34. The molecule has 110 valence electrons. The van der Waals surface area contributed by atoms with Crippen LogP contribution in [0, 0.1) is 6.92 Å². The number of aryl methyl sites for hydroxylation is 1. The van der Waals surface area contributed by atoms with Crippen LogP contribution in [-0.4, -0.2) is 24.2 Å². The average molecular weight is 318 g/mol. The van der Waals surface area contributed by atoms with E-state index in [0.717, 1.165) is 41.9 Å². The van der Waals surface area contributed by atoms with E-state index in [0.29, 0.717) is 0 Å². The van der Waals surface area contributed by atoms with Gasteiger partial charge in [-0.3, -0.25) is 0 Å². The molecular formula is C16H18N2OS2. The predicted molar refractivity (Wildman–Crippen MR) is 90.9 cm³/mol. The second-order valence-corrected chi connectivity index (χ2v) is 7.70. The molecule has 1 aromatic carbocycles. The molecule has 0 amide bonds. The summed E-state index contributed by atoms with van der Waals surface area (Å²) in [4.78, 5) is 4.65. The molecule has 4 rings (SSSR count). The minimum Gasteiger partial charge on any atom is -0.493 e. The molecule has 5 heteroatoms. The molecule has 0 radical (unpaired) electrons. The molecule has 3 nitrogen and oxygen atoms in total. The Morgan fingerprint density at radius 1 is 1.43 bits per heavy atom. The zero-order valence-electron chi connectivity index (χ0n) is 12.0. The van der Waals surface area contributed by atoms with E-state index < -0.39 is 0 Å². The molecule has 0 spiro atoms. The van der Waals surface area contributed by atoms with Crippen molar-refractivity contribution in [2.45, 2.75) is 32.2 Å². The van der Waals surface area contributed by atoms with Gasteiger partial charge in [0.25, 0.3) is 0 Å². The maximum atomic E-state index is 6.04. The number of hydrogen-bond acceptors (Lipinski definition) is 5. The molecule has 3 aromatic rings. The Balaban J connectivity index is 1.53. The van der Waals surface area contributed by atoms with E-state index in [1.54, 1.807) is 22.7 Å². The molecule has 0 saturated heterocycles. The summed E-state index contributed by atoms with van der Waals surface area (Å²) < 4.78 is 8.53. The highest BCUT2D eigenvalue weighted by atomic mass is 32.1. The smallest absolute Gasteiger partial charge is 0.129 e. The lowest BCUT2D eigenvalue weighted by Crippen LogP contribution is -2.19. The summed E-state index contributed by atoms with van der Waals surface area (Å²) in [5.74, 6) is 1.01. The molecule has 1 aliphatic rings. The minimum atomic E-state index is 0.772. The van der Waals surface area contributed by atoms with Gasteiger partial charge in [-0.25, -0.2) is 4.98 Å². The quantitative estimate of drug-likeness (QED) is 0.687. The van der Waals surface area contributed by atoms with Crippen LogP contribution in [0.2, 0.25) is 0 Å². The third-order valence-corrected chi connectivity index (χ3v) is 5.60. The lowest BCUT2D eigenvalue weighted by molar-refractivity contribution is 0.312. The van der Waals surface area contributed by atoms with Gasteiger partial charge < -0.3 is 10.1 Å². The van der Waals surface area contributed by atoms with Gasteiger partial charge in [0.05, 0.1) is 26.5 Å². The second-order valence-electron chi connectivity index (χ2n) is 5.55. The normalized spacial score (nSPS) is 15.1. The highest BCUT2D eigenvalue weighted by Gasteiger charge is 2.19. The van der Waals surface area contributed by atoms with Gasteiger partial charge >= 0.3 is 0 Å². The molecule has 0 bridgehead atoms. The SMILES string of the molecule is Cc1nc2c(cc(OCCCNC3CC3)c3ccsc32)s1. The summed E-state index contributed by atoms with van der Waals surface area (Å²) in [6.07, 6.45) is 3.75. The number of nitrogens with one attached hydrogen (secondary N) is 1. The van der Waals surface area contributed by atoms with E-state index in [-0.39, 0.29) is 0 Å². The molecular weight excluding hydrogens is 300 g/mol. The van der Waals surface area contributed by atoms with Gasteiger partial charge in [-0.1, -0.05) is 0 Å². The average Bonchev–Trinajstić information content (AvgIpc) is 3.01. The van der Waals surface area contributed by atoms with E-state index in [9.17, 15) is 0 Å². The first-order valence-electron chi connectivity index (χ1n) is 7.45. The number of rotatable bonds is 6. The monoisotopic (exact) mass is 318 g/mol. The number of thiophene rings is 1. The van der Waals surface area contributed by atoms with E-state index >= 15 is 0 Å². The van der Waals surface area contributed by atoms with Gasteiger partial charge in [0.2, 0.25) is 0 Å². The van der Waals surface area contributed by atoms with Crippen LogP contribution < -0.4 is 10.1 Å². The number of aromatic nitrogens is 1. The van der Waals surface area contributed by atoms with Crippen LogP contribution in [-0.2, 0) is 0 Å². The van der Waals surface area contributed by atoms with Crippen LogP contribution in [0.15, 0.2) is 17.5 Å². The highest BCUT2D eigenvalue weighted by molar-refractivity contribution is 7.21. The van der Waals surface area contributed by atoms with Crippen molar-refractivity contribution in [1.82, 2.24) is 10.3 Å². The van der Waals surface area contributed by atoms with Crippen molar-refractivity contribution >= 4 is 43.0 Å². The lowest BCUT2D eigenvalue weighted by atomic mass is 10.2. The lowest BCUT2D eigenvalue weighted by Gasteiger charge is -2.08. The summed E-state index contributed by atoms with van der Waals surface area (Å²) in [6.45, 7) is 3.89. The summed E-state index contributed by atoms with van der Waals surface area (Å²) in [5.41, 5.74) is 1.13. The fraction of sp³-hybridized carbons (Fsp3) is 0.438. The van der Waals surface area contributed by atoms with Crippen LogP contribution in [0.5, 0.6) is 5.75 Å². The van der Waals surface area contributed by atoms with Crippen molar-refractivity contribution in [3.05, 3.63) is 22.5 Å². The Kier molecular flexibility index (Phi) is 3.57. The summed E-state index contributed by atoms with van der Waals surface area (Å²) in [6, 6.07) is 5.08. The largest absolute Gasteiger partial charge is 0.493 e. The van der Waals surface area contributed by atoms with E-state index in [2.05, 4.69) is 34.7 Å². The van der Waals surface area contributed by atoms with Gasteiger partial charge in [-0.2, -0.15) is 0 Å². The topological polar surface area (TPSA) is 34.1 Å². The van der Waals surface area contributed by atoms with Crippen LogP contribution in [0.4, 0.5) is 0 Å². The van der Waals surface area contributed by atoms with Crippen LogP contribution in [0.3, 0.4) is 0 Å². The van der Waals surface area contributed by atoms with E-state index in [4.69, 9.17) is 4.74 Å². The third kappa shape index (κ3) is 2.78. The van der Waals surface area contributed by atoms with Crippen molar-refractivity contribution in [3.8, 4) is 5.75 Å². The van der Waals surface area contributed by atoms with Gasteiger partial charge in [-0.05, 0) is 44.2 Å². The summed E-state index contributed by atoms with van der Waals surface area (Å²) >= 11 is 3.50. The number of ether oxygens (including phenoxy) is 1. The Hall–Kier alpha value is -1.17. The van der Waals surface area contributed by atoms with E-state index in [1.807, 2.05) is 0 Å². The molecule has 0 atom stereocenters. The molecule has 1 N–H and O–H groups in total. The van der Waals surface area contributed by atoms with E-state index in [1.165, 1.54) is 27.6 Å². The van der Waals surface area contributed by atoms with Gasteiger partial charge in [0.1, 0.15) is 5.75 Å². The van der Waals surface area contributed by atoms with Crippen molar-refractivity contribution in [2.24, 2.45) is 0 Å². The number of fused-ring (bicyclic) bond motifs is 3. The number of nitrogens with zero attached hydrogens (tertiary/aromatic N) is 1. The Bertz CT molecular complexity index is 773. The molecule has 1 fully saturated rings. The van der Waals surface area contributed by atoms with Crippen LogP contribution >= 0.6 is 22.7 Å². The number of thiazole rings is 1. The van der Waals surface area contributed by atoms with Crippen molar-refractivity contribution in [3.63, 3.8) is 0 Å². The zero-order valence-corrected chi connectivity index (χ0v) is 13.6. The molecule has 1 aliphatic carbocycles. The first kappa shape index (κ1) is 13.5. The maximum Gasteiger partial charge on any atom is 0.129 e. The Morgan fingerprint density at radius 2 is 2.33 bits per heavy atom. The van der Waals surface area contributed by atoms with Crippen molar-refractivity contribution < 1.29 is 4.74 Å². The maximum absolute atomic E-state index is 6.04. The van der Waals surface area contributed by atoms with Crippen LogP contribution in [0.1, 0.15) is 24.3 Å². The van der Waals surface area contributed by atoms with Gasteiger partial charge in [-0.15, -0.1) is 22.7 Å². The Morgan fingerprint density at radius 3 is 3.19 bits per heavy atom. The highest BCUT2D eigenvalue weighted by Crippen LogP contribution is 2.38. The van der Waals surface area contributed by atoms with Crippen molar-refractivity contribution in [1.29, 1.82) is 0 Å².